The largest absolute Gasteiger partial charge is 0.493 e. The number of halogens is 1. The summed E-state index contributed by atoms with van der Waals surface area (Å²) in [7, 11) is 5.36. The maximum Gasteiger partial charge on any atom is 0.214 e. The molecule has 21 heavy (non-hydrogen) atoms. The molecule has 0 radical (unpaired) electrons. The third-order valence-electron chi connectivity index (χ3n) is 3.09. The molecule has 0 fully saturated rings. The number of ether oxygens (including phenoxy) is 1. The van der Waals surface area contributed by atoms with E-state index >= 15 is 0 Å². The monoisotopic (exact) mass is 291 g/mol. The SMILES string of the molecule is COc1cnn(CCN(C)C)c1C(=O)c1cccc(F)c1. The summed E-state index contributed by atoms with van der Waals surface area (Å²) in [5.41, 5.74) is 0.616. The highest BCUT2D eigenvalue weighted by Crippen LogP contribution is 2.21. The first-order valence-electron chi connectivity index (χ1n) is 6.57. The van der Waals surface area contributed by atoms with Crippen molar-refractivity contribution in [3.8, 4) is 5.75 Å². The van der Waals surface area contributed by atoms with Gasteiger partial charge in [0.15, 0.2) is 11.4 Å². The van der Waals surface area contributed by atoms with E-state index < -0.39 is 5.82 Å². The number of hydrogen-bond donors (Lipinski definition) is 0. The maximum absolute atomic E-state index is 13.3. The van der Waals surface area contributed by atoms with Gasteiger partial charge in [0, 0.05) is 12.1 Å². The molecule has 5 nitrogen and oxygen atoms in total. The maximum atomic E-state index is 13.3. The second-order valence-corrected chi connectivity index (χ2v) is 4.93. The highest BCUT2D eigenvalue weighted by atomic mass is 19.1. The predicted octanol–water partition coefficient (Wildman–Crippen LogP) is 1.82. The molecule has 6 heteroatoms. The lowest BCUT2D eigenvalue weighted by atomic mass is 10.1. The van der Waals surface area contributed by atoms with Gasteiger partial charge in [-0.05, 0) is 26.2 Å². The number of rotatable bonds is 6. The smallest absolute Gasteiger partial charge is 0.214 e. The summed E-state index contributed by atoms with van der Waals surface area (Å²) >= 11 is 0. The van der Waals surface area contributed by atoms with E-state index in [1.807, 2.05) is 19.0 Å². The summed E-state index contributed by atoms with van der Waals surface area (Å²) in [6.45, 7) is 1.28. The molecule has 0 amide bonds. The van der Waals surface area contributed by atoms with Gasteiger partial charge in [0.1, 0.15) is 5.82 Å². The molecule has 0 N–H and O–H groups in total. The average Bonchev–Trinajstić information content (AvgIpc) is 2.87. The van der Waals surface area contributed by atoms with Gasteiger partial charge < -0.3 is 9.64 Å². The molecule has 0 unspecified atom stereocenters. The Bertz CT molecular complexity index is 638. The summed E-state index contributed by atoms with van der Waals surface area (Å²) < 4.78 is 20.1. The summed E-state index contributed by atoms with van der Waals surface area (Å²) in [5, 5.41) is 4.18. The van der Waals surface area contributed by atoms with Crippen molar-refractivity contribution in [3.63, 3.8) is 0 Å². The van der Waals surface area contributed by atoms with Gasteiger partial charge in [-0.1, -0.05) is 12.1 Å². The van der Waals surface area contributed by atoms with Crippen LogP contribution < -0.4 is 4.74 Å². The van der Waals surface area contributed by atoms with Gasteiger partial charge >= 0.3 is 0 Å². The fraction of sp³-hybridized carbons (Fsp3) is 0.333. The number of aromatic nitrogens is 2. The second kappa shape index (κ2) is 6.49. The number of hydrogen-bond acceptors (Lipinski definition) is 4. The van der Waals surface area contributed by atoms with Crippen molar-refractivity contribution >= 4 is 5.78 Å². The Hall–Kier alpha value is -2.21. The standard InChI is InChI=1S/C15H18FN3O2/c1-18(2)7-8-19-14(13(21-3)10-17-19)15(20)11-5-4-6-12(16)9-11/h4-6,9-10H,7-8H2,1-3H3. The molecule has 112 valence electrons. The molecular formula is C15H18FN3O2. The normalized spacial score (nSPS) is 10.9. The Kier molecular flexibility index (Phi) is 4.70. The van der Waals surface area contributed by atoms with Crippen LogP contribution in [0.4, 0.5) is 4.39 Å². The van der Waals surface area contributed by atoms with Gasteiger partial charge in [0.2, 0.25) is 5.78 Å². The molecule has 0 atom stereocenters. The number of nitrogens with zero attached hydrogens (tertiary/aromatic N) is 3. The van der Waals surface area contributed by atoms with Gasteiger partial charge in [-0.2, -0.15) is 5.10 Å². The van der Waals surface area contributed by atoms with Crippen LogP contribution in [0.3, 0.4) is 0 Å². The van der Waals surface area contributed by atoms with Crippen molar-refractivity contribution in [2.45, 2.75) is 6.54 Å². The molecule has 2 aromatic rings. The fourth-order valence-electron chi connectivity index (χ4n) is 1.98. The highest BCUT2D eigenvalue weighted by molar-refractivity contribution is 6.09. The zero-order valence-electron chi connectivity index (χ0n) is 12.3. The van der Waals surface area contributed by atoms with E-state index in [1.54, 1.807) is 10.7 Å². The predicted molar refractivity (Wildman–Crippen MR) is 77.2 cm³/mol. The Labute approximate surface area is 122 Å². The lowest BCUT2D eigenvalue weighted by molar-refractivity contribution is 0.102. The van der Waals surface area contributed by atoms with Gasteiger partial charge in [-0.15, -0.1) is 0 Å². The Balaban J connectivity index is 2.36. The van der Waals surface area contributed by atoms with Gasteiger partial charge in [0.05, 0.1) is 19.9 Å². The number of carbonyl (C=O) groups is 1. The zero-order valence-corrected chi connectivity index (χ0v) is 12.3. The fourth-order valence-corrected chi connectivity index (χ4v) is 1.98. The third-order valence-corrected chi connectivity index (χ3v) is 3.09. The Morgan fingerprint density at radius 1 is 1.43 bits per heavy atom. The third kappa shape index (κ3) is 3.46. The topological polar surface area (TPSA) is 47.4 Å². The first-order chi connectivity index (χ1) is 10.0. The molecule has 0 saturated carbocycles. The highest BCUT2D eigenvalue weighted by Gasteiger charge is 2.21. The van der Waals surface area contributed by atoms with E-state index in [1.165, 1.54) is 31.5 Å². The number of ketones is 1. The van der Waals surface area contributed by atoms with Crippen LogP contribution in [0.5, 0.6) is 5.75 Å². The molecule has 2 rings (SSSR count). The molecule has 0 aliphatic rings. The molecule has 0 aliphatic heterocycles. The molecule has 0 spiro atoms. The Morgan fingerprint density at radius 2 is 2.19 bits per heavy atom. The first-order valence-corrected chi connectivity index (χ1v) is 6.57. The molecule has 0 saturated heterocycles. The minimum atomic E-state index is -0.445. The summed E-state index contributed by atoms with van der Waals surface area (Å²) in [5.74, 6) is -0.357. The van der Waals surface area contributed by atoms with Crippen molar-refractivity contribution in [2.75, 3.05) is 27.7 Å². The number of carbonyl (C=O) groups excluding carboxylic acids is 1. The molecule has 1 aromatic heterocycles. The van der Waals surface area contributed by atoms with E-state index in [-0.39, 0.29) is 11.3 Å². The van der Waals surface area contributed by atoms with Crippen LogP contribution in [0, 0.1) is 5.82 Å². The minimum Gasteiger partial charge on any atom is -0.493 e. The Morgan fingerprint density at radius 3 is 2.81 bits per heavy atom. The van der Waals surface area contributed by atoms with E-state index in [2.05, 4.69) is 5.10 Å². The van der Waals surface area contributed by atoms with Crippen LogP contribution in [-0.2, 0) is 6.54 Å². The number of methoxy groups -OCH3 is 1. The first kappa shape index (κ1) is 15.2. The molecular weight excluding hydrogens is 273 g/mol. The van der Waals surface area contributed by atoms with Gasteiger partial charge in [0.25, 0.3) is 0 Å². The molecule has 1 aromatic carbocycles. The van der Waals surface area contributed by atoms with Crippen LogP contribution in [0.1, 0.15) is 16.1 Å². The van der Waals surface area contributed by atoms with Crippen molar-refractivity contribution in [1.29, 1.82) is 0 Å². The van der Waals surface area contributed by atoms with Gasteiger partial charge in [-0.3, -0.25) is 9.48 Å². The zero-order chi connectivity index (χ0) is 15.4. The van der Waals surface area contributed by atoms with E-state index in [4.69, 9.17) is 4.74 Å². The summed E-state index contributed by atoms with van der Waals surface area (Å²) in [6.07, 6.45) is 1.50. The minimum absolute atomic E-state index is 0.278. The lowest BCUT2D eigenvalue weighted by Crippen LogP contribution is -2.22. The van der Waals surface area contributed by atoms with Crippen LogP contribution in [0.25, 0.3) is 0 Å². The van der Waals surface area contributed by atoms with Crippen molar-refractivity contribution in [3.05, 3.63) is 47.5 Å². The van der Waals surface area contributed by atoms with Crippen LogP contribution in [-0.4, -0.2) is 48.2 Å². The van der Waals surface area contributed by atoms with Crippen molar-refractivity contribution in [1.82, 2.24) is 14.7 Å². The van der Waals surface area contributed by atoms with Crippen LogP contribution >= 0.6 is 0 Å². The molecule has 1 heterocycles. The van der Waals surface area contributed by atoms with E-state index in [0.717, 1.165) is 6.54 Å². The average molecular weight is 291 g/mol. The van der Waals surface area contributed by atoms with E-state index in [0.29, 0.717) is 18.0 Å². The van der Waals surface area contributed by atoms with Crippen molar-refractivity contribution in [2.24, 2.45) is 0 Å². The second-order valence-electron chi connectivity index (χ2n) is 4.93. The lowest BCUT2D eigenvalue weighted by Gasteiger charge is -2.12. The molecule has 0 bridgehead atoms. The number of likely N-dealkylation sites (N-methyl/N-ethyl adjacent to an activating group) is 1. The van der Waals surface area contributed by atoms with Gasteiger partial charge in [-0.25, -0.2) is 4.39 Å². The molecule has 0 aliphatic carbocycles. The number of benzene rings is 1. The van der Waals surface area contributed by atoms with Crippen LogP contribution in [0.15, 0.2) is 30.5 Å². The quantitative estimate of drug-likeness (QED) is 0.762. The van der Waals surface area contributed by atoms with Crippen molar-refractivity contribution < 1.29 is 13.9 Å². The van der Waals surface area contributed by atoms with Crippen LogP contribution in [0.2, 0.25) is 0 Å². The summed E-state index contributed by atoms with van der Waals surface area (Å²) in [6, 6.07) is 5.60. The van der Waals surface area contributed by atoms with E-state index in [9.17, 15) is 9.18 Å². The summed E-state index contributed by atoms with van der Waals surface area (Å²) in [4.78, 5) is 14.6.